The molecule has 1 aromatic heterocycles. The van der Waals surface area contributed by atoms with Crippen molar-refractivity contribution in [3.05, 3.63) is 47.0 Å². The number of unbranched alkanes of at least 4 members (excludes halogenated alkanes) is 1. The van der Waals surface area contributed by atoms with Gasteiger partial charge >= 0.3 is 0 Å². The van der Waals surface area contributed by atoms with Gasteiger partial charge in [-0.2, -0.15) is 0 Å². The highest BCUT2D eigenvalue weighted by molar-refractivity contribution is 7.14. The molecule has 0 fully saturated rings. The van der Waals surface area contributed by atoms with E-state index in [0.717, 1.165) is 12.8 Å². The lowest BCUT2D eigenvalue weighted by molar-refractivity contribution is -0.120. The van der Waals surface area contributed by atoms with E-state index in [2.05, 4.69) is 22.5 Å². The van der Waals surface area contributed by atoms with Crippen molar-refractivity contribution in [3.8, 4) is 0 Å². The van der Waals surface area contributed by atoms with Gasteiger partial charge in [-0.25, -0.2) is 4.98 Å². The summed E-state index contributed by atoms with van der Waals surface area (Å²) in [7, 11) is 0. The molecule has 22 heavy (non-hydrogen) atoms. The van der Waals surface area contributed by atoms with E-state index in [9.17, 15) is 9.59 Å². The van der Waals surface area contributed by atoms with Gasteiger partial charge in [0.25, 0.3) is 5.91 Å². The number of nitrogens with one attached hydrogen (secondary N) is 2. The number of rotatable bonds is 7. The highest BCUT2D eigenvalue weighted by atomic mass is 32.1. The van der Waals surface area contributed by atoms with Crippen LogP contribution in [0, 0.1) is 0 Å². The number of carbonyl (C=O) groups excluding carboxylic acids is 2. The van der Waals surface area contributed by atoms with Gasteiger partial charge in [0.05, 0.1) is 12.1 Å². The number of hydrogen-bond donors (Lipinski definition) is 2. The van der Waals surface area contributed by atoms with Crippen LogP contribution in [0.15, 0.2) is 35.7 Å². The van der Waals surface area contributed by atoms with Crippen LogP contribution in [0.1, 0.15) is 35.8 Å². The Kier molecular flexibility index (Phi) is 6.09. The third-order valence-corrected chi connectivity index (χ3v) is 3.81. The fourth-order valence-electron chi connectivity index (χ4n) is 1.84. The maximum atomic E-state index is 12.0. The van der Waals surface area contributed by atoms with Crippen molar-refractivity contribution in [2.75, 3.05) is 11.9 Å². The number of nitrogens with zero attached hydrogens (tertiary/aromatic N) is 1. The number of hydrogen-bond acceptors (Lipinski definition) is 4. The van der Waals surface area contributed by atoms with E-state index in [0.29, 0.717) is 22.9 Å². The van der Waals surface area contributed by atoms with E-state index in [1.165, 1.54) is 11.3 Å². The lowest BCUT2D eigenvalue weighted by Gasteiger charge is -2.02. The smallest absolute Gasteiger partial charge is 0.257 e. The monoisotopic (exact) mass is 317 g/mol. The molecule has 1 aromatic carbocycles. The van der Waals surface area contributed by atoms with Gasteiger partial charge in [0.15, 0.2) is 5.13 Å². The first-order valence-corrected chi connectivity index (χ1v) is 8.14. The zero-order valence-corrected chi connectivity index (χ0v) is 13.3. The maximum absolute atomic E-state index is 12.0. The normalized spacial score (nSPS) is 10.2. The number of amides is 2. The van der Waals surface area contributed by atoms with Crippen LogP contribution >= 0.6 is 11.3 Å². The number of benzene rings is 1. The average molecular weight is 317 g/mol. The SMILES string of the molecule is CCCCNC(=O)Cc1csc(NC(=O)c2ccccc2)n1. The molecule has 0 aliphatic carbocycles. The number of carbonyl (C=O) groups is 2. The zero-order chi connectivity index (χ0) is 15.8. The fourth-order valence-corrected chi connectivity index (χ4v) is 2.54. The quantitative estimate of drug-likeness (QED) is 0.771. The summed E-state index contributed by atoms with van der Waals surface area (Å²) in [4.78, 5) is 28.0. The van der Waals surface area contributed by atoms with E-state index in [4.69, 9.17) is 0 Å². The number of thiazole rings is 1. The Labute approximate surface area is 133 Å². The molecule has 0 aliphatic rings. The van der Waals surface area contributed by atoms with Crippen molar-refractivity contribution in [1.82, 2.24) is 10.3 Å². The van der Waals surface area contributed by atoms with Crippen LogP contribution in [0.2, 0.25) is 0 Å². The number of aromatic nitrogens is 1. The molecule has 0 bridgehead atoms. The minimum atomic E-state index is -0.200. The van der Waals surface area contributed by atoms with Gasteiger partial charge in [-0.3, -0.25) is 14.9 Å². The first-order valence-electron chi connectivity index (χ1n) is 7.26. The second-order valence-electron chi connectivity index (χ2n) is 4.84. The third-order valence-electron chi connectivity index (χ3n) is 3.00. The van der Waals surface area contributed by atoms with Gasteiger partial charge in [0.1, 0.15) is 0 Å². The van der Waals surface area contributed by atoms with Gasteiger partial charge in [0.2, 0.25) is 5.91 Å². The predicted octanol–water partition coefficient (Wildman–Crippen LogP) is 2.85. The summed E-state index contributed by atoms with van der Waals surface area (Å²) in [6.07, 6.45) is 2.26. The standard InChI is InChI=1S/C16H19N3O2S/c1-2-3-9-17-14(20)10-13-11-22-16(18-13)19-15(21)12-7-5-4-6-8-12/h4-8,11H,2-3,9-10H2,1H3,(H,17,20)(H,18,19,21). The van der Waals surface area contributed by atoms with Crippen LogP contribution < -0.4 is 10.6 Å². The molecule has 0 saturated heterocycles. The predicted molar refractivity (Wildman–Crippen MR) is 88.1 cm³/mol. The number of anilines is 1. The Morgan fingerprint density at radius 2 is 2.00 bits per heavy atom. The zero-order valence-electron chi connectivity index (χ0n) is 12.5. The minimum Gasteiger partial charge on any atom is -0.356 e. The lowest BCUT2D eigenvalue weighted by Crippen LogP contribution is -2.26. The molecular weight excluding hydrogens is 298 g/mol. The maximum Gasteiger partial charge on any atom is 0.257 e. The average Bonchev–Trinajstić information content (AvgIpc) is 2.95. The Morgan fingerprint density at radius 1 is 1.23 bits per heavy atom. The van der Waals surface area contributed by atoms with E-state index in [1.807, 2.05) is 18.2 Å². The Hall–Kier alpha value is -2.21. The molecule has 0 spiro atoms. The van der Waals surface area contributed by atoms with Crippen molar-refractivity contribution in [1.29, 1.82) is 0 Å². The third kappa shape index (κ3) is 4.96. The van der Waals surface area contributed by atoms with Crippen LogP contribution in [0.4, 0.5) is 5.13 Å². The van der Waals surface area contributed by atoms with Crippen molar-refractivity contribution in [2.45, 2.75) is 26.2 Å². The van der Waals surface area contributed by atoms with Crippen LogP contribution in [0.5, 0.6) is 0 Å². The molecule has 0 atom stereocenters. The summed E-state index contributed by atoms with van der Waals surface area (Å²) in [5.74, 6) is -0.242. The summed E-state index contributed by atoms with van der Waals surface area (Å²) in [6.45, 7) is 2.77. The molecule has 6 heteroatoms. The Bertz CT molecular complexity index is 625. The van der Waals surface area contributed by atoms with E-state index in [1.54, 1.807) is 17.5 Å². The van der Waals surface area contributed by atoms with Crippen molar-refractivity contribution < 1.29 is 9.59 Å². The van der Waals surface area contributed by atoms with Crippen LogP contribution in [-0.4, -0.2) is 23.3 Å². The molecular formula is C16H19N3O2S. The fraction of sp³-hybridized carbons (Fsp3) is 0.312. The van der Waals surface area contributed by atoms with Crippen LogP contribution in [-0.2, 0) is 11.2 Å². The summed E-state index contributed by atoms with van der Waals surface area (Å²) in [5, 5.41) is 7.88. The molecule has 116 valence electrons. The first-order chi connectivity index (χ1) is 10.7. The van der Waals surface area contributed by atoms with Crippen molar-refractivity contribution in [3.63, 3.8) is 0 Å². The molecule has 2 N–H and O–H groups in total. The summed E-state index contributed by atoms with van der Waals surface area (Å²) < 4.78 is 0. The molecule has 0 saturated carbocycles. The Morgan fingerprint density at radius 3 is 2.73 bits per heavy atom. The lowest BCUT2D eigenvalue weighted by atomic mass is 10.2. The Balaban J connectivity index is 1.86. The second-order valence-corrected chi connectivity index (χ2v) is 5.70. The van der Waals surface area contributed by atoms with Gasteiger partial charge in [-0.05, 0) is 18.6 Å². The minimum absolute atomic E-state index is 0.0420. The molecule has 2 aromatic rings. The van der Waals surface area contributed by atoms with E-state index in [-0.39, 0.29) is 18.2 Å². The highest BCUT2D eigenvalue weighted by Crippen LogP contribution is 2.16. The molecule has 2 rings (SSSR count). The molecule has 1 heterocycles. The van der Waals surface area contributed by atoms with Gasteiger partial charge < -0.3 is 5.32 Å². The topological polar surface area (TPSA) is 71.1 Å². The van der Waals surface area contributed by atoms with Crippen molar-refractivity contribution >= 4 is 28.3 Å². The molecule has 0 aliphatic heterocycles. The van der Waals surface area contributed by atoms with Gasteiger partial charge in [-0.15, -0.1) is 11.3 Å². The van der Waals surface area contributed by atoms with Crippen LogP contribution in [0.25, 0.3) is 0 Å². The van der Waals surface area contributed by atoms with E-state index >= 15 is 0 Å². The molecule has 2 amide bonds. The van der Waals surface area contributed by atoms with Gasteiger partial charge in [0, 0.05) is 17.5 Å². The molecule has 5 nitrogen and oxygen atoms in total. The first kappa shape index (κ1) is 16.2. The highest BCUT2D eigenvalue weighted by Gasteiger charge is 2.10. The summed E-state index contributed by atoms with van der Waals surface area (Å²) in [5.41, 5.74) is 1.25. The van der Waals surface area contributed by atoms with Crippen molar-refractivity contribution in [2.24, 2.45) is 0 Å². The van der Waals surface area contributed by atoms with Gasteiger partial charge in [-0.1, -0.05) is 31.5 Å². The van der Waals surface area contributed by atoms with E-state index < -0.39 is 0 Å². The largest absolute Gasteiger partial charge is 0.356 e. The summed E-state index contributed by atoms with van der Waals surface area (Å²) in [6, 6.07) is 8.96. The van der Waals surface area contributed by atoms with Crippen LogP contribution in [0.3, 0.4) is 0 Å². The summed E-state index contributed by atoms with van der Waals surface area (Å²) >= 11 is 1.32. The molecule has 0 unspecified atom stereocenters. The molecule has 0 radical (unpaired) electrons. The second kappa shape index (κ2) is 8.29.